The highest BCUT2D eigenvalue weighted by molar-refractivity contribution is 4.38. The van der Waals surface area contributed by atoms with Crippen LogP contribution in [0.5, 0.6) is 0 Å². The Hall–Kier alpha value is -0.320. The van der Waals surface area contributed by atoms with Crippen LogP contribution in [0.15, 0.2) is 0 Å². The van der Waals surface area contributed by atoms with E-state index in [0.29, 0.717) is 0 Å². The first-order chi connectivity index (χ1) is 5.02. The van der Waals surface area contributed by atoms with E-state index >= 15 is 0 Å². The molecule has 0 aromatic rings. The minimum atomic E-state index is -1.45. The van der Waals surface area contributed by atoms with Gasteiger partial charge in [-0.25, -0.2) is 0 Å². The monoisotopic (exact) mass is 170 g/mol. The van der Waals surface area contributed by atoms with Gasteiger partial charge in [-0.05, 0) is 6.92 Å². The number of quaternary nitrogens is 2. The Kier molecular flexibility index (Phi) is 5.19. The van der Waals surface area contributed by atoms with Crippen LogP contribution in [0.4, 0.5) is 0 Å². The van der Waals surface area contributed by atoms with Gasteiger partial charge in [0.2, 0.25) is 0 Å². The van der Waals surface area contributed by atoms with Crippen molar-refractivity contribution in [2.75, 3.05) is 6.61 Å². The summed E-state index contributed by atoms with van der Waals surface area (Å²) in [7, 11) is 0. The maximum Gasteiger partial charge on any atom is 0.148 e. The molecule has 0 aliphatic rings. The minimum absolute atomic E-state index is 0.290. The van der Waals surface area contributed by atoms with Crippen LogP contribution in [0.3, 0.4) is 0 Å². The van der Waals surface area contributed by atoms with E-state index in [9.17, 15) is 10.4 Å². The van der Waals surface area contributed by atoms with E-state index in [2.05, 4.69) is 9.68 Å². The zero-order valence-corrected chi connectivity index (χ0v) is 5.81. The second-order valence-electron chi connectivity index (χ2n) is 1.77. The Morgan fingerprint density at radius 3 is 2.27 bits per heavy atom. The highest BCUT2D eigenvalue weighted by Crippen LogP contribution is 1.81. The van der Waals surface area contributed by atoms with Crippen molar-refractivity contribution in [3.05, 3.63) is 10.4 Å². The molecule has 0 heterocycles. The lowest BCUT2D eigenvalue weighted by Gasteiger charge is -2.16. The molecular formula is C3H10N2O6. The van der Waals surface area contributed by atoms with Gasteiger partial charge >= 0.3 is 0 Å². The van der Waals surface area contributed by atoms with Gasteiger partial charge in [0, 0.05) is 0 Å². The summed E-state index contributed by atoms with van der Waals surface area (Å²) in [6.07, 6.45) is -0.774. The van der Waals surface area contributed by atoms with Gasteiger partial charge in [0.1, 0.15) is 12.7 Å². The molecule has 3 atom stereocenters. The molecule has 0 radical (unpaired) electrons. The maximum atomic E-state index is 9.83. The molecule has 0 rings (SSSR count). The molecular weight excluding hydrogens is 160 g/mol. The van der Waals surface area contributed by atoms with E-state index < -0.39 is 16.9 Å². The molecule has 0 bridgehead atoms. The molecule has 0 fully saturated rings. The highest BCUT2D eigenvalue weighted by Gasteiger charge is 2.08. The predicted octanol–water partition coefficient (Wildman–Crippen LogP) is -3.22. The molecule has 11 heavy (non-hydrogen) atoms. The van der Waals surface area contributed by atoms with Gasteiger partial charge in [-0.2, -0.15) is 20.1 Å². The number of rotatable bonds is 5. The van der Waals surface area contributed by atoms with Gasteiger partial charge in [-0.3, -0.25) is 0 Å². The lowest BCUT2D eigenvalue weighted by atomic mass is 10.5. The van der Waals surface area contributed by atoms with Crippen LogP contribution in [0.2, 0.25) is 0 Å². The fourth-order valence-corrected chi connectivity index (χ4v) is 0.395. The fraction of sp³-hybridized carbons (Fsp3) is 1.00. The summed E-state index contributed by atoms with van der Waals surface area (Å²) in [5.41, 5.74) is 0. The third-order valence-electron chi connectivity index (χ3n) is 0.744. The minimum Gasteiger partial charge on any atom is -0.566 e. The van der Waals surface area contributed by atoms with Crippen LogP contribution in [-0.2, 0) is 9.68 Å². The van der Waals surface area contributed by atoms with Crippen molar-refractivity contribution in [3.8, 4) is 0 Å². The summed E-state index contributed by atoms with van der Waals surface area (Å²) < 4.78 is 0. The Labute approximate surface area is 62.1 Å². The van der Waals surface area contributed by atoms with Gasteiger partial charge < -0.3 is 10.4 Å². The van der Waals surface area contributed by atoms with Gasteiger partial charge in [0.25, 0.3) is 0 Å². The summed E-state index contributed by atoms with van der Waals surface area (Å²) >= 11 is 0. The molecule has 3 unspecified atom stereocenters. The largest absolute Gasteiger partial charge is 0.566 e. The summed E-state index contributed by atoms with van der Waals surface area (Å²) in [5, 5.41) is 32.7. The Bertz CT molecular complexity index is 97.8. The third kappa shape index (κ3) is 7.58. The molecule has 4 N–H and O–H groups in total. The van der Waals surface area contributed by atoms with Crippen LogP contribution in [-0.4, -0.2) is 23.1 Å². The molecule has 68 valence electrons. The summed E-state index contributed by atoms with van der Waals surface area (Å²) in [6.45, 7) is 1.10. The van der Waals surface area contributed by atoms with Crippen molar-refractivity contribution in [2.45, 2.75) is 13.0 Å². The van der Waals surface area contributed by atoms with E-state index in [4.69, 9.17) is 10.4 Å². The molecule has 0 aliphatic carbocycles. The Balaban J connectivity index is 3.29. The molecule has 0 aliphatic heterocycles. The van der Waals surface area contributed by atoms with Crippen LogP contribution >= 0.6 is 0 Å². The van der Waals surface area contributed by atoms with Crippen LogP contribution in [0, 0.1) is 10.4 Å². The second kappa shape index (κ2) is 5.35. The quantitative estimate of drug-likeness (QED) is 0.323. The van der Waals surface area contributed by atoms with Crippen molar-refractivity contribution < 1.29 is 30.9 Å². The average Bonchev–Trinajstić information content (AvgIpc) is 1.82. The molecule has 0 saturated heterocycles. The molecule has 0 amide bonds. The first-order valence-corrected chi connectivity index (χ1v) is 2.77. The Morgan fingerprint density at radius 1 is 1.36 bits per heavy atom. The van der Waals surface area contributed by atoms with E-state index in [1.165, 1.54) is 6.92 Å². The van der Waals surface area contributed by atoms with Gasteiger partial charge in [0.05, 0.1) is 0 Å². The van der Waals surface area contributed by atoms with E-state index in [0.717, 1.165) is 0 Å². The molecule has 0 aromatic carbocycles. The van der Waals surface area contributed by atoms with Crippen LogP contribution in [0.1, 0.15) is 6.92 Å². The van der Waals surface area contributed by atoms with Crippen LogP contribution < -0.4 is 10.8 Å². The second-order valence-corrected chi connectivity index (χ2v) is 1.77. The lowest BCUT2D eigenvalue weighted by molar-refractivity contribution is -1.22. The molecule has 0 spiro atoms. The molecule has 8 nitrogen and oxygen atoms in total. The normalized spacial score (nSPS) is 19.4. The number of hydrogen-bond acceptors (Lipinski definition) is 6. The van der Waals surface area contributed by atoms with Gasteiger partial charge in [-0.1, -0.05) is 10.8 Å². The number of nitrogens with one attached hydrogen (secondary N) is 2. The van der Waals surface area contributed by atoms with Crippen molar-refractivity contribution in [1.82, 2.24) is 0 Å². The zero-order chi connectivity index (χ0) is 8.85. The highest BCUT2D eigenvalue weighted by atomic mass is 17.1. The summed E-state index contributed by atoms with van der Waals surface area (Å²) in [6, 6.07) is 0. The third-order valence-corrected chi connectivity index (χ3v) is 0.744. The van der Waals surface area contributed by atoms with E-state index in [1.807, 2.05) is 0 Å². The standard InChI is InChI=1S/C3H10N2O6/c1-3(11-5(8)9)2-10-4(6)7/h3-6,8H,2H2,1H3. The zero-order valence-electron chi connectivity index (χ0n) is 5.81. The number of hydrogen-bond donors (Lipinski definition) is 4. The maximum absolute atomic E-state index is 9.83. The van der Waals surface area contributed by atoms with Gasteiger partial charge in [0.15, 0.2) is 0 Å². The van der Waals surface area contributed by atoms with Crippen LogP contribution in [0.25, 0.3) is 0 Å². The molecule has 0 aromatic heterocycles. The van der Waals surface area contributed by atoms with E-state index in [-0.39, 0.29) is 6.61 Å². The summed E-state index contributed by atoms with van der Waals surface area (Å²) in [4.78, 5) is 8.16. The smallest absolute Gasteiger partial charge is 0.148 e. The van der Waals surface area contributed by atoms with Crippen molar-refractivity contribution in [1.29, 1.82) is 0 Å². The molecule has 8 heteroatoms. The first-order valence-electron chi connectivity index (χ1n) is 2.77. The average molecular weight is 170 g/mol. The van der Waals surface area contributed by atoms with Crippen molar-refractivity contribution >= 4 is 0 Å². The molecule has 0 saturated carbocycles. The first kappa shape index (κ1) is 10.7. The SMILES string of the molecule is CC(CO[NH+]([O-])O)O[NH+]([O-])O. The topological polar surface area (TPSA) is 114 Å². The fourth-order valence-electron chi connectivity index (χ4n) is 0.395. The Morgan fingerprint density at radius 2 is 1.91 bits per heavy atom. The lowest BCUT2D eigenvalue weighted by Crippen LogP contribution is -3.05. The predicted molar refractivity (Wildman–Crippen MR) is 28.7 cm³/mol. The van der Waals surface area contributed by atoms with Crippen molar-refractivity contribution in [2.24, 2.45) is 0 Å². The van der Waals surface area contributed by atoms with Gasteiger partial charge in [-0.15, -0.1) is 0 Å². The van der Waals surface area contributed by atoms with E-state index in [1.54, 1.807) is 0 Å². The summed E-state index contributed by atoms with van der Waals surface area (Å²) in [5.74, 6) is 0. The van der Waals surface area contributed by atoms with Crippen molar-refractivity contribution in [3.63, 3.8) is 0 Å².